The van der Waals surface area contributed by atoms with Crippen LogP contribution in [0.2, 0.25) is 0 Å². The van der Waals surface area contributed by atoms with Gasteiger partial charge in [-0.1, -0.05) is 6.58 Å². The first-order chi connectivity index (χ1) is 9.14. The highest BCUT2D eigenvalue weighted by atomic mass is 19.4. The summed E-state index contributed by atoms with van der Waals surface area (Å²) in [7, 11) is 0. The minimum Gasteiger partial charge on any atom is -0.456 e. The van der Waals surface area contributed by atoms with Gasteiger partial charge in [0.1, 0.15) is 6.61 Å². The Kier molecular flexibility index (Phi) is 5.39. The van der Waals surface area contributed by atoms with E-state index in [1.165, 1.54) is 0 Å². The Morgan fingerprint density at radius 1 is 1.00 bits per heavy atom. The highest BCUT2D eigenvalue weighted by Crippen LogP contribution is 2.52. The Morgan fingerprint density at radius 2 is 1.38 bits per heavy atom. The molecule has 11 heteroatoms. The van der Waals surface area contributed by atoms with Crippen molar-refractivity contribution in [3.63, 3.8) is 0 Å². The number of rotatable bonds is 7. The standard InChI is InChI=1S/C10H10F8O3/c1-5(2)6(20)21-4-8(13,14)10(17,18)9(15,16)7(11,12)3-19/h19H,1,3-4H2,2H3. The van der Waals surface area contributed by atoms with Gasteiger partial charge in [-0.05, 0) is 6.92 Å². The van der Waals surface area contributed by atoms with E-state index in [0.717, 1.165) is 6.92 Å². The lowest BCUT2D eigenvalue weighted by molar-refractivity contribution is -0.374. The van der Waals surface area contributed by atoms with Crippen molar-refractivity contribution in [2.75, 3.05) is 13.2 Å². The molecule has 0 atom stereocenters. The second kappa shape index (κ2) is 5.78. The van der Waals surface area contributed by atoms with E-state index in [-0.39, 0.29) is 0 Å². The molecular weight excluding hydrogens is 320 g/mol. The van der Waals surface area contributed by atoms with Gasteiger partial charge in [-0.25, -0.2) is 4.79 Å². The fraction of sp³-hybridized carbons (Fsp3) is 0.700. The number of aliphatic hydroxyl groups is 1. The number of carbonyl (C=O) groups excluding carboxylic acids is 1. The summed E-state index contributed by atoms with van der Waals surface area (Å²) < 4.78 is 106. The molecule has 124 valence electrons. The van der Waals surface area contributed by atoms with Crippen molar-refractivity contribution >= 4 is 5.97 Å². The summed E-state index contributed by atoms with van der Waals surface area (Å²) in [5.41, 5.74) is -0.499. The van der Waals surface area contributed by atoms with Crippen LogP contribution < -0.4 is 0 Å². The van der Waals surface area contributed by atoms with Gasteiger partial charge in [-0.2, -0.15) is 35.1 Å². The SMILES string of the molecule is C=C(C)C(=O)OCC(F)(F)C(F)(F)C(F)(F)C(F)(F)CO. The molecule has 0 amide bonds. The van der Waals surface area contributed by atoms with E-state index in [0.29, 0.717) is 0 Å². The van der Waals surface area contributed by atoms with E-state index in [1.807, 2.05) is 0 Å². The maximum absolute atomic E-state index is 13.0. The van der Waals surface area contributed by atoms with Crippen LogP contribution in [-0.4, -0.2) is 48.0 Å². The topological polar surface area (TPSA) is 46.5 Å². The molecule has 1 N–H and O–H groups in total. The molecule has 0 spiro atoms. The summed E-state index contributed by atoms with van der Waals surface area (Å²) in [4.78, 5) is 10.7. The van der Waals surface area contributed by atoms with Crippen LogP contribution in [0.1, 0.15) is 6.92 Å². The van der Waals surface area contributed by atoms with Gasteiger partial charge >= 0.3 is 29.7 Å². The second-order valence-corrected chi connectivity index (χ2v) is 4.07. The number of aliphatic hydroxyl groups excluding tert-OH is 1. The average Bonchev–Trinajstić information content (AvgIpc) is 2.34. The van der Waals surface area contributed by atoms with E-state index in [1.54, 1.807) is 0 Å². The van der Waals surface area contributed by atoms with E-state index < -0.39 is 48.4 Å². The third-order valence-corrected chi connectivity index (χ3v) is 2.24. The number of hydrogen-bond donors (Lipinski definition) is 1. The molecule has 0 saturated carbocycles. The Morgan fingerprint density at radius 3 is 1.71 bits per heavy atom. The summed E-state index contributed by atoms with van der Waals surface area (Å²) in [6, 6.07) is 0. The molecule has 0 aliphatic rings. The second-order valence-electron chi connectivity index (χ2n) is 4.07. The molecule has 0 aliphatic heterocycles. The Balaban J connectivity index is 5.37. The Labute approximate surface area is 113 Å². The zero-order valence-electron chi connectivity index (χ0n) is 10.4. The molecule has 21 heavy (non-hydrogen) atoms. The molecule has 0 aromatic rings. The minimum absolute atomic E-state index is 0.499. The van der Waals surface area contributed by atoms with Crippen molar-refractivity contribution in [1.29, 1.82) is 0 Å². The predicted molar refractivity (Wildman–Crippen MR) is 52.6 cm³/mol. The summed E-state index contributed by atoms with van der Waals surface area (Å²) in [5.74, 6) is -26.4. The number of hydrogen-bond acceptors (Lipinski definition) is 3. The van der Waals surface area contributed by atoms with Crippen LogP contribution in [0.4, 0.5) is 35.1 Å². The van der Waals surface area contributed by atoms with Gasteiger partial charge in [0, 0.05) is 5.57 Å². The first-order valence-electron chi connectivity index (χ1n) is 5.09. The smallest absolute Gasteiger partial charge is 0.381 e. The lowest BCUT2D eigenvalue weighted by atomic mass is 9.99. The number of esters is 1. The molecule has 0 bridgehead atoms. The highest BCUT2D eigenvalue weighted by Gasteiger charge is 2.80. The van der Waals surface area contributed by atoms with Crippen molar-refractivity contribution in [2.24, 2.45) is 0 Å². The molecule has 0 fully saturated rings. The average molecular weight is 330 g/mol. The fourth-order valence-corrected chi connectivity index (χ4v) is 0.929. The molecule has 0 radical (unpaired) electrons. The van der Waals surface area contributed by atoms with Crippen molar-refractivity contribution in [3.05, 3.63) is 12.2 Å². The maximum atomic E-state index is 13.0. The first kappa shape index (κ1) is 19.6. The third-order valence-electron chi connectivity index (χ3n) is 2.24. The van der Waals surface area contributed by atoms with Crippen molar-refractivity contribution in [2.45, 2.75) is 30.6 Å². The van der Waals surface area contributed by atoms with E-state index in [4.69, 9.17) is 5.11 Å². The van der Waals surface area contributed by atoms with E-state index >= 15 is 0 Å². The van der Waals surface area contributed by atoms with Crippen LogP contribution in [0.25, 0.3) is 0 Å². The molecule has 0 aromatic heterocycles. The van der Waals surface area contributed by atoms with Gasteiger partial charge < -0.3 is 9.84 Å². The lowest BCUT2D eigenvalue weighted by Crippen LogP contribution is -2.64. The largest absolute Gasteiger partial charge is 0.456 e. The molecule has 0 rings (SSSR count). The van der Waals surface area contributed by atoms with Gasteiger partial charge in [-0.3, -0.25) is 0 Å². The quantitative estimate of drug-likeness (QED) is 0.443. The van der Waals surface area contributed by atoms with Gasteiger partial charge in [-0.15, -0.1) is 0 Å². The third kappa shape index (κ3) is 3.44. The molecular formula is C10H10F8O3. The number of carbonyl (C=O) groups is 1. The first-order valence-corrected chi connectivity index (χ1v) is 5.09. The molecule has 0 heterocycles. The normalized spacial score (nSPS) is 14.0. The van der Waals surface area contributed by atoms with Gasteiger partial charge in [0.05, 0.1) is 0 Å². The van der Waals surface area contributed by atoms with Crippen LogP contribution in [0.15, 0.2) is 12.2 Å². The van der Waals surface area contributed by atoms with E-state index in [9.17, 15) is 39.9 Å². The van der Waals surface area contributed by atoms with E-state index in [2.05, 4.69) is 11.3 Å². The monoisotopic (exact) mass is 330 g/mol. The summed E-state index contributed by atoms with van der Waals surface area (Å²) in [5, 5.41) is 7.94. The minimum atomic E-state index is -6.58. The molecule has 0 unspecified atom stereocenters. The van der Waals surface area contributed by atoms with Gasteiger partial charge in [0.25, 0.3) is 0 Å². The summed E-state index contributed by atoms with van der Waals surface area (Å²) in [6.45, 7) is -1.48. The molecule has 0 aromatic carbocycles. The molecule has 0 saturated heterocycles. The number of halogens is 8. The maximum Gasteiger partial charge on any atom is 0.381 e. The zero-order valence-corrected chi connectivity index (χ0v) is 10.4. The highest BCUT2D eigenvalue weighted by molar-refractivity contribution is 5.86. The van der Waals surface area contributed by atoms with Crippen LogP contribution in [-0.2, 0) is 9.53 Å². The molecule has 3 nitrogen and oxygen atoms in total. The fourth-order valence-electron chi connectivity index (χ4n) is 0.929. The Hall–Kier alpha value is -1.39. The predicted octanol–water partition coefficient (Wildman–Crippen LogP) is 2.64. The summed E-state index contributed by atoms with van der Waals surface area (Å²) >= 11 is 0. The number of ether oxygens (including phenoxy) is 1. The van der Waals surface area contributed by atoms with Crippen molar-refractivity contribution in [3.8, 4) is 0 Å². The van der Waals surface area contributed by atoms with Crippen LogP contribution >= 0.6 is 0 Å². The lowest BCUT2D eigenvalue weighted by Gasteiger charge is -2.35. The van der Waals surface area contributed by atoms with Crippen molar-refractivity contribution in [1.82, 2.24) is 0 Å². The van der Waals surface area contributed by atoms with Crippen LogP contribution in [0.5, 0.6) is 0 Å². The summed E-state index contributed by atoms with van der Waals surface area (Å²) in [6.07, 6.45) is 0. The van der Waals surface area contributed by atoms with Crippen LogP contribution in [0.3, 0.4) is 0 Å². The zero-order chi connectivity index (χ0) is 17.3. The Bertz CT molecular complexity index is 419. The van der Waals surface area contributed by atoms with Crippen molar-refractivity contribution < 1.29 is 49.8 Å². The van der Waals surface area contributed by atoms with Crippen LogP contribution in [0, 0.1) is 0 Å². The van der Waals surface area contributed by atoms with Gasteiger partial charge in [0.15, 0.2) is 6.61 Å². The molecule has 0 aliphatic carbocycles. The number of alkyl halides is 8. The van der Waals surface area contributed by atoms with Gasteiger partial charge in [0.2, 0.25) is 0 Å².